The minimum Gasteiger partial charge on any atom is -0.481 e. The number of benzene rings is 1. The van der Waals surface area contributed by atoms with Crippen molar-refractivity contribution in [2.24, 2.45) is 5.41 Å². The number of hydrogen-bond acceptors (Lipinski definition) is 2. The Morgan fingerprint density at radius 2 is 2.06 bits per heavy atom. The van der Waals surface area contributed by atoms with E-state index in [4.69, 9.17) is 5.11 Å². The van der Waals surface area contributed by atoms with E-state index in [1.54, 1.807) is 13.8 Å². The third-order valence-electron chi connectivity index (χ3n) is 3.47. The Hall–Kier alpha value is -1.61. The van der Waals surface area contributed by atoms with E-state index >= 15 is 0 Å². The fourth-order valence-electron chi connectivity index (χ4n) is 2.18. The van der Waals surface area contributed by atoms with Gasteiger partial charge in [-0.3, -0.25) is 4.79 Å². The van der Waals surface area contributed by atoms with Crippen LogP contribution in [-0.4, -0.2) is 17.6 Å². The molecule has 1 aliphatic rings. The first-order chi connectivity index (χ1) is 8.42. The molecule has 0 spiro atoms. The molecule has 0 heterocycles. The van der Waals surface area contributed by atoms with Crippen molar-refractivity contribution in [1.29, 1.82) is 0 Å². The largest absolute Gasteiger partial charge is 0.481 e. The van der Waals surface area contributed by atoms with Crippen molar-refractivity contribution in [3.8, 4) is 0 Å². The van der Waals surface area contributed by atoms with Crippen molar-refractivity contribution in [3.63, 3.8) is 0 Å². The predicted molar refractivity (Wildman–Crippen MR) is 72.3 cm³/mol. The smallest absolute Gasteiger partial charge is 0.310 e. The van der Waals surface area contributed by atoms with Gasteiger partial charge in [0.15, 0.2) is 0 Å². The van der Waals surface area contributed by atoms with Crippen LogP contribution in [0.5, 0.6) is 0 Å². The van der Waals surface area contributed by atoms with Crippen LogP contribution >= 0.6 is 0 Å². The van der Waals surface area contributed by atoms with Gasteiger partial charge in [-0.05, 0) is 31.9 Å². The normalized spacial score (nSPS) is 18.4. The zero-order valence-electron chi connectivity index (χ0n) is 11.0. The number of carboxylic acid groups (broad SMARTS) is 1. The van der Waals surface area contributed by atoms with Crippen LogP contribution in [0.4, 0.5) is 0 Å². The number of carboxylic acids is 1. The molecule has 2 N–H and O–H groups in total. The molecule has 1 aromatic carbocycles. The summed E-state index contributed by atoms with van der Waals surface area (Å²) >= 11 is 0. The predicted octanol–water partition coefficient (Wildman–Crippen LogP) is 2.85. The number of fused-ring (bicyclic) bond motifs is 1. The lowest BCUT2D eigenvalue weighted by molar-refractivity contribution is -0.146. The van der Waals surface area contributed by atoms with Crippen molar-refractivity contribution in [1.82, 2.24) is 5.32 Å². The summed E-state index contributed by atoms with van der Waals surface area (Å²) < 4.78 is 0. The third-order valence-corrected chi connectivity index (χ3v) is 3.47. The van der Waals surface area contributed by atoms with E-state index in [1.807, 2.05) is 12.1 Å². The highest BCUT2D eigenvalue weighted by Gasteiger charge is 2.30. The molecular weight excluding hydrogens is 226 g/mol. The minimum absolute atomic E-state index is 0.139. The number of nitrogens with one attached hydrogen (secondary N) is 1. The van der Waals surface area contributed by atoms with E-state index in [2.05, 4.69) is 30.4 Å². The maximum atomic E-state index is 11.1. The maximum absolute atomic E-state index is 11.1. The molecular formula is C15H19NO2. The van der Waals surface area contributed by atoms with E-state index < -0.39 is 11.4 Å². The van der Waals surface area contributed by atoms with Crippen molar-refractivity contribution in [2.45, 2.75) is 26.8 Å². The van der Waals surface area contributed by atoms with Gasteiger partial charge in [-0.15, -0.1) is 0 Å². The molecule has 0 bridgehead atoms. The molecule has 1 atom stereocenters. The number of carbonyl (C=O) groups is 1. The lowest BCUT2D eigenvalue weighted by atomic mass is 9.92. The van der Waals surface area contributed by atoms with Gasteiger partial charge in [0.25, 0.3) is 0 Å². The summed E-state index contributed by atoms with van der Waals surface area (Å²) in [6, 6.07) is 8.35. The molecule has 96 valence electrons. The zero-order chi connectivity index (χ0) is 13.3. The quantitative estimate of drug-likeness (QED) is 0.857. The Morgan fingerprint density at radius 3 is 2.72 bits per heavy atom. The van der Waals surface area contributed by atoms with E-state index in [9.17, 15) is 4.79 Å². The second kappa shape index (κ2) is 4.58. The highest BCUT2D eigenvalue weighted by Crippen LogP contribution is 2.34. The van der Waals surface area contributed by atoms with Gasteiger partial charge in [-0.25, -0.2) is 0 Å². The second-order valence-electron chi connectivity index (χ2n) is 5.52. The van der Waals surface area contributed by atoms with Gasteiger partial charge in [0.1, 0.15) is 0 Å². The van der Waals surface area contributed by atoms with Crippen LogP contribution in [0, 0.1) is 5.41 Å². The van der Waals surface area contributed by atoms with E-state index in [0.717, 1.165) is 0 Å². The Kier molecular flexibility index (Phi) is 3.26. The fraction of sp³-hybridized carbons (Fsp3) is 0.400. The standard InChI is InChI=1S/C15H19NO2/c1-10-8-11-6-4-5-7-12(11)13(10)16-9-15(2,3)14(17)18/h4-8,13,16H,9H2,1-3H3,(H,17,18). The van der Waals surface area contributed by atoms with Crippen LogP contribution in [-0.2, 0) is 4.79 Å². The molecule has 18 heavy (non-hydrogen) atoms. The molecule has 0 saturated carbocycles. The Labute approximate surface area is 108 Å². The monoisotopic (exact) mass is 245 g/mol. The fourth-order valence-corrected chi connectivity index (χ4v) is 2.18. The lowest BCUT2D eigenvalue weighted by Gasteiger charge is -2.24. The van der Waals surface area contributed by atoms with E-state index in [-0.39, 0.29) is 6.04 Å². The number of rotatable bonds is 4. The molecule has 1 aromatic rings. The third kappa shape index (κ3) is 2.31. The lowest BCUT2D eigenvalue weighted by Crippen LogP contribution is -2.37. The van der Waals surface area contributed by atoms with Crippen molar-refractivity contribution in [3.05, 3.63) is 41.0 Å². The van der Waals surface area contributed by atoms with Crippen molar-refractivity contribution < 1.29 is 9.90 Å². The summed E-state index contributed by atoms with van der Waals surface area (Å²) in [5.74, 6) is -0.775. The van der Waals surface area contributed by atoms with Gasteiger partial charge < -0.3 is 10.4 Å². The summed E-state index contributed by atoms with van der Waals surface area (Å²) in [4.78, 5) is 11.1. The Balaban J connectivity index is 2.12. The number of hydrogen-bond donors (Lipinski definition) is 2. The summed E-state index contributed by atoms with van der Waals surface area (Å²) in [6.45, 7) is 6.00. The summed E-state index contributed by atoms with van der Waals surface area (Å²) in [5.41, 5.74) is 2.94. The first-order valence-electron chi connectivity index (χ1n) is 6.16. The molecule has 0 radical (unpaired) electrons. The van der Waals surface area contributed by atoms with Gasteiger partial charge in [0, 0.05) is 6.54 Å². The van der Waals surface area contributed by atoms with Crippen LogP contribution in [0.15, 0.2) is 29.8 Å². The molecule has 3 heteroatoms. The highest BCUT2D eigenvalue weighted by atomic mass is 16.4. The molecule has 1 unspecified atom stereocenters. The summed E-state index contributed by atoms with van der Waals surface area (Å²) in [7, 11) is 0. The van der Waals surface area contributed by atoms with Gasteiger partial charge in [-0.1, -0.05) is 35.9 Å². The summed E-state index contributed by atoms with van der Waals surface area (Å²) in [5, 5.41) is 12.5. The molecule has 2 rings (SSSR count). The zero-order valence-corrected chi connectivity index (χ0v) is 11.0. The van der Waals surface area contributed by atoms with Gasteiger partial charge in [0.2, 0.25) is 0 Å². The maximum Gasteiger partial charge on any atom is 0.310 e. The second-order valence-corrected chi connectivity index (χ2v) is 5.52. The number of aliphatic carboxylic acids is 1. The van der Waals surface area contributed by atoms with Crippen LogP contribution in [0.25, 0.3) is 6.08 Å². The van der Waals surface area contributed by atoms with Crippen molar-refractivity contribution in [2.75, 3.05) is 6.54 Å². The molecule has 0 aliphatic heterocycles. The molecule has 0 aromatic heterocycles. The molecule has 0 amide bonds. The van der Waals surface area contributed by atoms with Crippen LogP contribution in [0.3, 0.4) is 0 Å². The van der Waals surface area contributed by atoms with Gasteiger partial charge in [0.05, 0.1) is 11.5 Å². The molecule has 1 aliphatic carbocycles. The molecule has 0 saturated heterocycles. The summed E-state index contributed by atoms with van der Waals surface area (Å²) in [6.07, 6.45) is 2.15. The van der Waals surface area contributed by atoms with Crippen LogP contribution in [0.1, 0.15) is 37.9 Å². The van der Waals surface area contributed by atoms with E-state index in [0.29, 0.717) is 6.54 Å². The SMILES string of the molecule is CC1=Cc2ccccc2C1NCC(C)(C)C(=O)O. The molecule has 0 fully saturated rings. The average molecular weight is 245 g/mol. The first-order valence-corrected chi connectivity index (χ1v) is 6.16. The van der Waals surface area contributed by atoms with Crippen LogP contribution in [0.2, 0.25) is 0 Å². The average Bonchev–Trinajstić information content (AvgIpc) is 2.62. The highest BCUT2D eigenvalue weighted by molar-refractivity contribution is 5.74. The van der Waals surface area contributed by atoms with E-state index in [1.165, 1.54) is 16.7 Å². The van der Waals surface area contributed by atoms with Gasteiger partial charge >= 0.3 is 5.97 Å². The topological polar surface area (TPSA) is 49.3 Å². The Morgan fingerprint density at radius 1 is 1.39 bits per heavy atom. The minimum atomic E-state index is -0.775. The first kappa shape index (κ1) is 12.8. The Bertz CT molecular complexity index is 503. The molecule has 3 nitrogen and oxygen atoms in total. The van der Waals surface area contributed by atoms with Crippen molar-refractivity contribution >= 4 is 12.0 Å². The van der Waals surface area contributed by atoms with Gasteiger partial charge in [-0.2, -0.15) is 0 Å². The van der Waals surface area contributed by atoms with Crippen LogP contribution < -0.4 is 5.32 Å².